The second kappa shape index (κ2) is 13.0. The van der Waals surface area contributed by atoms with Crippen LogP contribution in [0.3, 0.4) is 0 Å². The van der Waals surface area contributed by atoms with E-state index in [2.05, 4.69) is 51.3 Å². The van der Waals surface area contributed by atoms with Crippen molar-refractivity contribution in [3.8, 4) is 0 Å². The predicted octanol–water partition coefficient (Wildman–Crippen LogP) is 7.52. The summed E-state index contributed by atoms with van der Waals surface area (Å²) in [6, 6.07) is 10.3. The third kappa shape index (κ3) is 6.49. The van der Waals surface area contributed by atoms with Crippen molar-refractivity contribution in [1.82, 2.24) is 0 Å². The summed E-state index contributed by atoms with van der Waals surface area (Å²) in [6.07, 6.45) is 10.5. The Kier molecular flexibility index (Phi) is 10.4. The summed E-state index contributed by atoms with van der Waals surface area (Å²) in [5.74, 6) is 1.78. The van der Waals surface area contributed by atoms with Crippen LogP contribution < -0.4 is 0 Å². The standard InChI is InChI=1S/C31H42O3.C2H6/c1-21(24-9-6-5-7-10-24)19-34-20-22(2)28-14-15-29-25(11-8-16-31(28,29)4)12-13-26-17-27(32)18-30(33)23(26)3;1-2/h5-7,9-10,12-13,22,27-30,32-33H,1,3,8,11,14-20H2,2,4H3;1-2H3/b25-12+,26-13-;/t22-,27-,28-,29+,30?,31?;/m1./s1. The fourth-order valence-electron chi connectivity index (χ4n) is 6.92. The Hall–Kier alpha value is -1.94. The quantitative estimate of drug-likeness (QED) is 0.414. The highest BCUT2D eigenvalue weighted by molar-refractivity contribution is 5.63. The maximum Gasteiger partial charge on any atom is 0.0811 e. The molecule has 3 heteroatoms. The third-order valence-electron chi connectivity index (χ3n) is 8.83. The van der Waals surface area contributed by atoms with Crippen LogP contribution in [0.1, 0.15) is 78.2 Å². The van der Waals surface area contributed by atoms with Crippen LogP contribution in [0.2, 0.25) is 0 Å². The highest BCUT2D eigenvalue weighted by atomic mass is 16.5. The van der Waals surface area contributed by atoms with Gasteiger partial charge in [-0.3, -0.25) is 0 Å². The molecule has 3 fully saturated rings. The first kappa shape index (κ1) is 28.6. The highest BCUT2D eigenvalue weighted by Gasteiger charge is 2.50. The molecule has 198 valence electrons. The SMILES string of the molecule is C=C(COC[C@@H](C)[C@H]1CC[C@H]2/C(=C/C=C3/C[C@@H](O)CC(O)C3=C)CCCC12C)c1ccccc1.CC. The lowest BCUT2D eigenvalue weighted by molar-refractivity contribution is 0.0445. The van der Waals surface area contributed by atoms with Gasteiger partial charge in [-0.25, -0.2) is 0 Å². The molecule has 0 amide bonds. The van der Waals surface area contributed by atoms with E-state index in [4.69, 9.17) is 4.74 Å². The minimum atomic E-state index is -0.625. The molecule has 3 aliphatic rings. The van der Waals surface area contributed by atoms with E-state index in [0.717, 1.165) is 35.3 Å². The van der Waals surface area contributed by atoms with Gasteiger partial charge in [-0.15, -0.1) is 0 Å². The van der Waals surface area contributed by atoms with Gasteiger partial charge >= 0.3 is 0 Å². The zero-order valence-corrected chi connectivity index (χ0v) is 23.0. The average molecular weight is 493 g/mol. The first-order chi connectivity index (χ1) is 17.3. The second-order valence-electron chi connectivity index (χ2n) is 11.1. The number of fused-ring (bicyclic) bond motifs is 1. The number of hydrogen-bond donors (Lipinski definition) is 2. The predicted molar refractivity (Wildman–Crippen MR) is 152 cm³/mol. The Balaban J connectivity index is 0.00000176. The molecule has 0 aromatic heterocycles. The molecule has 0 spiro atoms. The first-order valence-corrected chi connectivity index (χ1v) is 14.1. The lowest BCUT2D eigenvalue weighted by atomic mass is 9.61. The van der Waals surface area contributed by atoms with Crippen molar-refractivity contribution < 1.29 is 14.9 Å². The summed E-state index contributed by atoms with van der Waals surface area (Å²) < 4.78 is 6.15. The second-order valence-corrected chi connectivity index (χ2v) is 11.1. The van der Waals surface area contributed by atoms with Crippen molar-refractivity contribution in [3.63, 3.8) is 0 Å². The van der Waals surface area contributed by atoms with E-state index < -0.39 is 12.2 Å². The molecule has 36 heavy (non-hydrogen) atoms. The lowest BCUT2D eigenvalue weighted by Crippen LogP contribution is -2.37. The van der Waals surface area contributed by atoms with Crippen molar-refractivity contribution in [1.29, 1.82) is 0 Å². The number of ether oxygens (including phenoxy) is 1. The normalized spacial score (nSPS) is 33.1. The van der Waals surface area contributed by atoms with Gasteiger partial charge in [0.25, 0.3) is 0 Å². The Morgan fingerprint density at radius 1 is 1.17 bits per heavy atom. The molecule has 0 bridgehead atoms. The fourth-order valence-corrected chi connectivity index (χ4v) is 6.92. The van der Waals surface area contributed by atoms with Gasteiger partial charge < -0.3 is 14.9 Å². The Bertz CT molecular complexity index is 943. The van der Waals surface area contributed by atoms with Gasteiger partial charge in [0.05, 0.1) is 18.8 Å². The van der Waals surface area contributed by atoms with Gasteiger partial charge in [0.1, 0.15) is 0 Å². The first-order valence-electron chi connectivity index (χ1n) is 14.1. The van der Waals surface area contributed by atoms with E-state index >= 15 is 0 Å². The summed E-state index contributed by atoms with van der Waals surface area (Å²) in [4.78, 5) is 0. The molecule has 0 saturated heterocycles. The minimum absolute atomic E-state index is 0.310. The smallest absolute Gasteiger partial charge is 0.0811 e. The number of benzene rings is 1. The summed E-state index contributed by atoms with van der Waals surface area (Å²) in [5.41, 5.74) is 5.81. The van der Waals surface area contributed by atoms with E-state index in [9.17, 15) is 10.2 Å². The van der Waals surface area contributed by atoms with Gasteiger partial charge in [0.2, 0.25) is 0 Å². The Morgan fingerprint density at radius 3 is 2.61 bits per heavy atom. The van der Waals surface area contributed by atoms with Gasteiger partial charge in [-0.05, 0) is 84.0 Å². The fraction of sp³-hybridized carbons (Fsp3) is 0.576. The molecule has 1 aromatic carbocycles. The Morgan fingerprint density at radius 2 is 1.89 bits per heavy atom. The summed E-state index contributed by atoms with van der Waals surface area (Å²) in [6.45, 7) is 18.5. The van der Waals surface area contributed by atoms with Crippen LogP contribution in [-0.2, 0) is 4.74 Å². The van der Waals surface area contributed by atoms with Crippen LogP contribution in [0.25, 0.3) is 5.57 Å². The maximum absolute atomic E-state index is 10.2. The molecule has 6 atom stereocenters. The number of rotatable bonds is 7. The zero-order valence-electron chi connectivity index (χ0n) is 23.0. The van der Waals surface area contributed by atoms with E-state index in [1.165, 1.54) is 31.3 Å². The van der Waals surface area contributed by atoms with Crippen LogP contribution >= 0.6 is 0 Å². The third-order valence-corrected chi connectivity index (χ3v) is 8.83. The molecule has 0 heterocycles. The Labute approximate surface area is 219 Å². The van der Waals surface area contributed by atoms with Crippen LogP contribution in [0.15, 0.2) is 72.4 Å². The van der Waals surface area contributed by atoms with Crippen LogP contribution in [0, 0.1) is 23.2 Å². The minimum Gasteiger partial charge on any atom is -0.393 e. The summed E-state index contributed by atoms with van der Waals surface area (Å²) in [5, 5.41) is 20.3. The molecule has 2 unspecified atom stereocenters. The number of allylic oxidation sites excluding steroid dienone is 3. The van der Waals surface area contributed by atoms with E-state index in [0.29, 0.717) is 42.6 Å². The zero-order chi connectivity index (χ0) is 26.3. The average Bonchev–Trinajstić information content (AvgIpc) is 3.24. The van der Waals surface area contributed by atoms with Crippen molar-refractivity contribution in [2.75, 3.05) is 13.2 Å². The van der Waals surface area contributed by atoms with Crippen molar-refractivity contribution >= 4 is 5.57 Å². The van der Waals surface area contributed by atoms with E-state index in [1.54, 1.807) is 0 Å². The molecule has 3 aliphatic carbocycles. The number of hydrogen-bond acceptors (Lipinski definition) is 3. The maximum atomic E-state index is 10.2. The van der Waals surface area contributed by atoms with Crippen molar-refractivity contribution in [2.24, 2.45) is 23.2 Å². The van der Waals surface area contributed by atoms with E-state index in [1.807, 2.05) is 32.0 Å². The van der Waals surface area contributed by atoms with Crippen LogP contribution in [-0.4, -0.2) is 35.6 Å². The molecule has 3 nitrogen and oxygen atoms in total. The molecule has 0 aliphatic heterocycles. The van der Waals surface area contributed by atoms with Crippen LogP contribution in [0.5, 0.6) is 0 Å². The van der Waals surface area contributed by atoms with Gasteiger partial charge in [0.15, 0.2) is 0 Å². The lowest BCUT2D eigenvalue weighted by Gasteiger charge is -2.44. The summed E-state index contributed by atoms with van der Waals surface area (Å²) in [7, 11) is 0. The molecule has 4 rings (SSSR count). The molecule has 0 radical (unpaired) electrons. The van der Waals surface area contributed by atoms with Gasteiger partial charge in [0, 0.05) is 13.0 Å². The molecular formula is C33H48O3. The van der Waals surface area contributed by atoms with Crippen molar-refractivity contribution in [3.05, 3.63) is 77.9 Å². The molecule has 2 N–H and O–H groups in total. The molecular weight excluding hydrogens is 444 g/mol. The highest BCUT2D eigenvalue weighted by Crippen LogP contribution is 2.59. The number of aliphatic hydroxyl groups excluding tert-OH is 2. The molecule has 1 aromatic rings. The molecule has 3 saturated carbocycles. The monoisotopic (exact) mass is 492 g/mol. The largest absolute Gasteiger partial charge is 0.393 e. The topological polar surface area (TPSA) is 49.7 Å². The van der Waals surface area contributed by atoms with E-state index in [-0.39, 0.29) is 0 Å². The summed E-state index contributed by atoms with van der Waals surface area (Å²) >= 11 is 0. The van der Waals surface area contributed by atoms with Crippen molar-refractivity contribution in [2.45, 2.75) is 84.8 Å². The van der Waals surface area contributed by atoms with Gasteiger partial charge in [-0.2, -0.15) is 0 Å². The van der Waals surface area contributed by atoms with Gasteiger partial charge in [-0.1, -0.05) is 88.9 Å². The van der Waals surface area contributed by atoms with Crippen LogP contribution in [0.4, 0.5) is 0 Å². The number of aliphatic hydroxyl groups is 2.